The molecular formula is C12H16BrNO2S. The highest BCUT2D eigenvalue weighted by Gasteiger charge is 2.10. The molecule has 94 valence electrons. The lowest BCUT2D eigenvalue weighted by Crippen LogP contribution is -2.21. The first kappa shape index (κ1) is 14.4. The maximum absolute atomic E-state index is 10.9. The van der Waals surface area contributed by atoms with Crippen molar-refractivity contribution >= 4 is 39.3 Å². The molecular weight excluding hydrogens is 302 g/mol. The third-order valence-corrected chi connectivity index (χ3v) is 3.82. The maximum Gasteiger partial charge on any atom is 0.336 e. The van der Waals surface area contributed by atoms with Crippen LogP contribution in [0.1, 0.15) is 23.7 Å². The van der Waals surface area contributed by atoms with E-state index in [9.17, 15) is 4.79 Å². The second-order valence-corrected chi connectivity index (χ2v) is 5.47. The number of carbonyl (C=O) groups is 1. The van der Waals surface area contributed by atoms with Crippen LogP contribution in [0.3, 0.4) is 0 Å². The van der Waals surface area contributed by atoms with E-state index in [0.29, 0.717) is 10.5 Å². The Morgan fingerprint density at radius 3 is 2.76 bits per heavy atom. The van der Waals surface area contributed by atoms with Gasteiger partial charge in [-0.2, -0.15) is 11.8 Å². The van der Waals surface area contributed by atoms with Crippen LogP contribution in [0.4, 0.5) is 5.69 Å². The summed E-state index contributed by atoms with van der Waals surface area (Å²) in [5, 5.41) is 12.3. The number of hydrogen-bond donors (Lipinski definition) is 2. The average molecular weight is 318 g/mol. The van der Waals surface area contributed by atoms with Crippen molar-refractivity contribution in [3.8, 4) is 0 Å². The summed E-state index contributed by atoms with van der Waals surface area (Å²) >= 11 is 5.07. The topological polar surface area (TPSA) is 49.3 Å². The summed E-state index contributed by atoms with van der Waals surface area (Å²) in [6.07, 6.45) is 3.12. The minimum absolute atomic E-state index is 0.286. The molecule has 0 spiro atoms. The van der Waals surface area contributed by atoms with Gasteiger partial charge in [0.2, 0.25) is 0 Å². The van der Waals surface area contributed by atoms with Crippen LogP contribution >= 0.6 is 27.7 Å². The number of thioether (sulfide) groups is 1. The molecule has 0 aliphatic heterocycles. The van der Waals surface area contributed by atoms with Crippen LogP contribution in [-0.2, 0) is 0 Å². The van der Waals surface area contributed by atoms with Gasteiger partial charge in [-0.25, -0.2) is 4.79 Å². The second-order valence-electron chi connectivity index (χ2n) is 3.70. The molecule has 1 unspecified atom stereocenters. The van der Waals surface area contributed by atoms with Gasteiger partial charge in [0.25, 0.3) is 0 Å². The second kappa shape index (κ2) is 6.91. The third kappa shape index (κ3) is 4.24. The van der Waals surface area contributed by atoms with E-state index in [1.54, 1.807) is 23.9 Å². The number of carboxylic acids is 1. The standard InChI is InChI=1S/C12H16BrNO2S/c1-3-8(7-17-2)14-9-4-5-10(12(15)16)11(13)6-9/h4-6,8,14H,3,7H2,1-2H3,(H,15,16). The Morgan fingerprint density at radius 2 is 2.29 bits per heavy atom. The molecule has 1 aromatic rings. The Balaban J connectivity index is 2.79. The fourth-order valence-corrected chi connectivity index (χ4v) is 2.75. The number of anilines is 1. The number of rotatable bonds is 6. The molecule has 0 bridgehead atoms. The van der Waals surface area contributed by atoms with Crippen molar-refractivity contribution in [1.82, 2.24) is 0 Å². The van der Waals surface area contributed by atoms with Crippen LogP contribution in [0.15, 0.2) is 22.7 Å². The molecule has 0 radical (unpaired) electrons. The number of halogens is 1. The Labute approximate surface area is 114 Å². The maximum atomic E-state index is 10.9. The van der Waals surface area contributed by atoms with Gasteiger partial charge in [-0.3, -0.25) is 0 Å². The van der Waals surface area contributed by atoms with E-state index in [4.69, 9.17) is 5.11 Å². The molecule has 2 N–H and O–H groups in total. The summed E-state index contributed by atoms with van der Waals surface area (Å²) in [5.41, 5.74) is 1.23. The van der Waals surface area contributed by atoms with Gasteiger partial charge in [0.05, 0.1) is 5.56 Å². The number of aromatic carboxylic acids is 1. The van der Waals surface area contributed by atoms with Gasteiger partial charge in [-0.1, -0.05) is 6.92 Å². The highest BCUT2D eigenvalue weighted by molar-refractivity contribution is 9.10. The molecule has 1 rings (SSSR count). The molecule has 5 heteroatoms. The van der Waals surface area contributed by atoms with Gasteiger partial charge < -0.3 is 10.4 Å². The highest BCUT2D eigenvalue weighted by Crippen LogP contribution is 2.22. The van der Waals surface area contributed by atoms with Crippen LogP contribution in [0.2, 0.25) is 0 Å². The molecule has 1 atom stereocenters. The normalized spacial score (nSPS) is 12.2. The van der Waals surface area contributed by atoms with Crippen molar-refractivity contribution in [2.75, 3.05) is 17.3 Å². The summed E-state index contributed by atoms with van der Waals surface area (Å²) in [4.78, 5) is 10.9. The molecule has 0 aliphatic carbocycles. The molecule has 0 amide bonds. The fourth-order valence-electron chi connectivity index (χ4n) is 1.48. The van der Waals surface area contributed by atoms with Gasteiger partial charge in [0.1, 0.15) is 0 Å². The number of hydrogen-bond acceptors (Lipinski definition) is 3. The largest absolute Gasteiger partial charge is 0.478 e. The lowest BCUT2D eigenvalue weighted by molar-refractivity contribution is 0.0696. The minimum Gasteiger partial charge on any atom is -0.478 e. The molecule has 0 aromatic heterocycles. The fraction of sp³-hybridized carbons (Fsp3) is 0.417. The first-order chi connectivity index (χ1) is 8.08. The van der Waals surface area contributed by atoms with Crippen LogP contribution in [0.25, 0.3) is 0 Å². The van der Waals surface area contributed by atoms with Crippen molar-refractivity contribution in [3.63, 3.8) is 0 Å². The van der Waals surface area contributed by atoms with Crippen LogP contribution < -0.4 is 5.32 Å². The molecule has 0 heterocycles. The highest BCUT2D eigenvalue weighted by atomic mass is 79.9. The van der Waals surface area contributed by atoms with E-state index in [1.807, 2.05) is 6.07 Å². The number of carboxylic acid groups (broad SMARTS) is 1. The summed E-state index contributed by atoms with van der Waals surface area (Å²) in [7, 11) is 0. The Hall–Kier alpha value is -0.680. The average Bonchev–Trinajstić information content (AvgIpc) is 2.28. The molecule has 0 fully saturated rings. The van der Waals surface area contributed by atoms with Gasteiger partial charge in [-0.05, 0) is 46.8 Å². The Kier molecular flexibility index (Phi) is 5.85. The summed E-state index contributed by atoms with van der Waals surface area (Å²) in [6.45, 7) is 2.13. The third-order valence-electron chi connectivity index (χ3n) is 2.43. The smallest absolute Gasteiger partial charge is 0.336 e. The van der Waals surface area contributed by atoms with E-state index in [2.05, 4.69) is 34.4 Å². The van der Waals surface area contributed by atoms with E-state index in [0.717, 1.165) is 17.9 Å². The number of benzene rings is 1. The van der Waals surface area contributed by atoms with Crippen LogP contribution in [0, 0.1) is 0 Å². The van der Waals surface area contributed by atoms with Gasteiger partial charge in [-0.15, -0.1) is 0 Å². The Bertz CT molecular complexity index is 398. The summed E-state index contributed by atoms with van der Waals surface area (Å²) in [5.74, 6) is 0.119. The molecule has 17 heavy (non-hydrogen) atoms. The molecule has 1 aromatic carbocycles. The monoisotopic (exact) mass is 317 g/mol. The molecule has 0 saturated heterocycles. The van der Waals surface area contributed by atoms with Crippen molar-refractivity contribution in [3.05, 3.63) is 28.2 Å². The van der Waals surface area contributed by atoms with E-state index < -0.39 is 5.97 Å². The minimum atomic E-state index is -0.917. The van der Waals surface area contributed by atoms with Crippen LogP contribution in [-0.4, -0.2) is 29.1 Å². The van der Waals surface area contributed by atoms with Gasteiger partial charge in [0.15, 0.2) is 0 Å². The zero-order valence-corrected chi connectivity index (χ0v) is 12.3. The zero-order chi connectivity index (χ0) is 12.8. The van der Waals surface area contributed by atoms with Crippen LogP contribution in [0.5, 0.6) is 0 Å². The van der Waals surface area contributed by atoms with E-state index >= 15 is 0 Å². The predicted octanol–water partition coefficient (Wildman–Crippen LogP) is 3.70. The van der Waals surface area contributed by atoms with Crippen molar-refractivity contribution in [1.29, 1.82) is 0 Å². The predicted molar refractivity (Wildman–Crippen MR) is 77.2 cm³/mol. The van der Waals surface area contributed by atoms with E-state index in [1.165, 1.54) is 0 Å². The first-order valence-electron chi connectivity index (χ1n) is 5.36. The number of nitrogens with one attached hydrogen (secondary N) is 1. The van der Waals surface area contributed by atoms with Gasteiger partial charge >= 0.3 is 5.97 Å². The van der Waals surface area contributed by atoms with Crippen molar-refractivity contribution in [2.24, 2.45) is 0 Å². The van der Waals surface area contributed by atoms with E-state index in [-0.39, 0.29) is 5.56 Å². The SMILES string of the molecule is CCC(CSC)Nc1ccc(C(=O)O)c(Br)c1. The van der Waals surface area contributed by atoms with Crippen molar-refractivity contribution in [2.45, 2.75) is 19.4 Å². The summed E-state index contributed by atoms with van der Waals surface area (Å²) in [6, 6.07) is 5.64. The summed E-state index contributed by atoms with van der Waals surface area (Å²) < 4.78 is 0.606. The lowest BCUT2D eigenvalue weighted by Gasteiger charge is -2.17. The quantitative estimate of drug-likeness (QED) is 0.840. The molecule has 0 saturated carbocycles. The zero-order valence-electron chi connectivity index (χ0n) is 9.87. The van der Waals surface area contributed by atoms with Crippen molar-refractivity contribution < 1.29 is 9.90 Å². The Morgan fingerprint density at radius 1 is 1.59 bits per heavy atom. The molecule has 0 aliphatic rings. The molecule has 3 nitrogen and oxygen atoms in total. The first-order valence-corrected chi connectivity index (χ1v) is 7.55. The van der Waals surface area contributed by atoms with Gasteiger partial charge in [0, 0.05) is 22.0 Å². The lowest BCUT2D eigenvalue weighted by atomic mass is 10.2.